The van der Waals surface area contributed by atoms with E-state index in [1.807, 2.05) is 18.2 Å². The van der Waals surface area contributed by atoms with Crippen LogP contribution in [0.1, 0.15) is 29.6 Å². The first-order valence-electron chi connectivity index (χ1n) is 6.65. The molecule has 5 heteroatoms. The second-order valence-electron chi connectivity index (χ2n) is 4.86. The highest BCUT2D eigenvalue weighted by Crippen LogP contribution is 2.31. The highest BCUT2D eigenvalue weighted by Gasteiger charge is 2.32. The number of urea groups is 1. The molecule has 20 heavy (non-hydrogen) atoms. The van der Waals surface area contributed by atoms with E-state index in [0.29, 0.717) is 11.3 Å². The van der Waals surface area contributed by atoms with Crippen LogP contribution in [0.25, 0.3) is 0 Å². The molecular weight excluding hydrogens is 272 g/mol. The van der Waals surface area contributed by atoms with Gasteiger partial charge in [-0.2, -0.15) is 4.99 Å². The van der Waals surface area contributed by atoms with Crippen molar-refractivity contribution in [3.05, 3.63) is 35.9 Å². The second-order valence-corrected chi connectivity index (χ2v) is 5.85. The summed E-state index contributed by atoms with van der Waals surface area (Å²) >= 11 is 1.38. The number of ketones is 1. The maximum atomic E-state index is 12.1. The number of carbonyl (C=O) groups is 2. The molecule has 1 aliphatic heterocycles. The van der Waals surface area contributed by atoms with Crippen LogP contribution in [0.3, 0.4) is 0 Å². The van der Waals surface area contributed by atoms with Gasteiger partial charge in [0.25, 0.3) is 0 Å². The number of hydrogen-bond donors (Lipinski definition) is 0. The van der Waals surface area contributed by atoms with Gasteiger partial charge in [-0.25, -0.2) is 9.79 Å². The summed E-state index contributed by atoms with van der Waals surface area (Å²) in [6.45, 7) is 0. The van der Waals surface area contributed by atoms with Crippen LogP contribution in [0.5, 0.6) is 0 Å². The molecule has 0 spiro atoms. The van der Waals surface area contributed by atoms with Gasteiger partial charge in [-0.05, 0) is 19.3 Å². The number of Topliss-reactive ketones (excluding diaryl/α,β-unsaturated/α-hetero) is 1. The standard InChI is InChI=1S/C15H14N2O2S/c18-13(10-5-2-1-3-6-10)9-20-14-11-7-4-8-12(11)16-15(19)17-14/h1-3,5-6,11H,4,7-9H2. The number of amides is 2. The van der Waals surface area contributed by atoms with E-state index in [1.165, 1.54) is 11.8 Å². The Kier molecular flexibility index (Phi) is 3.78. The molecule has 1 unspecified atom stereocenters. The second kappa shape index (κ2) is 5.71. The summed E-state index contributed by atoms with van der Waals surface area (Å²) in [7, 11) is 0. The molecule has 1 aromatic carbocycles. The molecule has 1 aliphatic carbocycles. The fourth-order valence-electron chi connectivity index (χ4n) is 2.53. The molecule has 1 atom stereocenters. The maximum absolute atomic E-state index is 12.1. The van der Waals surface area contributed by atoms with Crippen molar-refractivity contribution in [2.75, 3.05) is 5.75 Å². The molecule has 2 amide bonds. The third-order valence-corrected chi connectivity index (χ3v) is 4.60. The molecule has 0 aromatic heterocycles. The SMILES string of the molecule is O=C1N=C2CCCC2C(SCC(=O)c2ccccc2)=N1. The first-order valence-corrected chi connectivity index (χ1v) is 7.63. The van der Waals surface area contributed by atoms with Gasteiger partial charge >= 0.3 is 6.03 Å². The van der Waals surface area contributed by atoms with Crippen LogP contribution in [0.15, 0.2) is 40.3 Å². The zero-order chi connectivity index (χ0) is 13.9. The topological polar surface area (TPSA) is 58.9 Å². The van der Waals surface area contributed by atoms with E-state index in [4.69, 9.17) is 0 Å². The summed E-state index contributed by atoms with van der Waals surface area (Å²) < 4.78 is 0. The van der Waals surface area contributed by atoms with E-state index < -0.39 is 6.03 Å². The Labute approximate surface area is 121 Å². The predicted molar refractivity (Wildman–Crippen MR) is 80.8 cm³/mol. The summed E-state index contributed by atoms with van der Waals surface area (Å²) in [5, 5.41) is 0.766. The molecule has 1 heterocycles. The molecule has 3 rings (SSSR count). The lowest BCUT2D eigenvalue weighted by molar-refractivity contribution is 0.102. The Hall–Kier alpha value is -1.75. The van der Waals surface area contributed by atoms with E-state index in [1.54, 1.807) is 12.1 Å². The van der Waals surface area contributed by atoms with E-state index in [0.717, 1.165) is 30.0 Å². The Morgan fingerprint density at radius 2 is 2.05 bits per heavy atom. The average molecular weight is 286 g/mol. The van der Waals surface area contributed by atoms with E-state index >= 15 is 0 Å². The van der Waals surface area contributed by atoms with Crippen LogP contribution in [0.2, 0.25) is 0 Å². The Morgan fingerprint density at radius 3 is 2.85 bits per heavy atom. The quantitative estimate of drug-likeness (QED) is 0.800. The number of fused-ring (bicyclic) bond motifs is 1. The lowest BCUT2D eigenvalue weighted by Crippen LogP contribution is -2.23. The van der Waals surface area contributed by atoms with Crippen LogP contribution >= 0.6 is 11.8 Å². The van der Waals surface area contributed by atoms with Gasteiger partial charge < -0.3 is 0 Å². The largest absolute Gasteiger partial charge is 0.367 e. The monoisotopic (exact) mass is 286 g/mol. The first kappa shape index (κ1) is 13.2. The maximum Gasteiger partial charge on any atom is 0.367 e. The summed E-state index contributed by atoms with van der Waals surface area (Å²) in [4.78, 5) is 31.5. The smallest absolute Gasteiger partial charge is 0.293 e. The number of thioether (sulfide) groups is 1. The van der Waals surface area contributed by atoms with Gasteiger partial charge in [-0.3, -0.25) is 4.79 Å². The van der Waals surface area contributed by atoms with Gasteiger partial charge in [0.1, 0.15) is 0 Å². The number of hydrogen-bond acceptors (Lipinski definition) is 3. The molecular formula is C15H14N2O2S. The number of benzene rings is 1. The fraction of sp³-hybridized carbons (Fsp3) is 0.333. The summed E-state index contributed by atoms with van der Waals surface area (Å²) in [5.41, 5.74) is 1.64. The highest BCUT2D eigenvalue weighted by molar-refractivity contribution is 8.14. The molecule has 4 nitrogen and oxygen atoms in total. The zero-order valence-electron chi connectivity index (χ0n) is 10.9. The van der Waals surface area contributed by atoms with Crippen LogP contribution in [0, 0.1) is 5.92 Å². The minimum Gasteiger partial charge on any atom is -0.293 e. The van der Waals surface area contributed by atoms with Crippen LogP contribution in [0.4, 0.5) is 4.79 Å². The van der Waals surface area contributed by atoms with Gasteiger partial charge in [0.2, 0.25) is 0 Å². The van der Waals surface area contributed by atoms with Crippen molar-refractivity contribution in [2.24, 2.45) is 15.9 Å². The number of carbonyl (C=O) groups excluding carboxylic acids is 2. The Bertz CT molecular complexity index is 608. The molecule has 0 bridgehead atoms. The van der Waals surface area contributed by atoms with Crippen molar-refractivity contribution in [1.82, 2.24) is 0 Å². The van der Waals surface area contributed by atoms with Gasteiger partial charge in [-0.1, -0.05) is 30.3 Å². The Morgan fingerprint density at radius 1 is 1.25 bits per heavy atom. The normalized spacial score (nSPS) is 21.2. The number of nitrogens with zero attached hydrogens (tertiary/aromatic N) is 2. The van der Waals surface area contributed by atoms with Crippen molar-refractivity contribution >= 4 is 34.3 Å². The molecule has 1 aromatic rings. The van der Waals surface area contributed by atoms with Crippen molar-refractivity contribution in [1.29, 1.82) is 0 Å². The summed E-state index contributed by atoms with van der Waals surface area (Å²) in [6.07, 6.45) is 2.91. The van der Waals surface area contributed by atoms with Crippen LogP contribution in [-0.2, 0) is 0 Å². The highest BCUT2D eigenvalue weighted by atomic mass is 32.2. The molecule has 0 radical (unpaired) electrons. The fourth-order valence-corrected chi connectivity index (χ4v) is 3.57. The average Bonchev–Trinajstić information content (AvgIpc) is 2.93. The van der Waals surface area contributed by atoms with E-state index in [-0.39, 0.29) is 11.7 Å². The number of rotatable bonds is 3. The van der Waals surface area contributed by atoms with Crippen LogP contribution < -0.4 is 0 Å². The lowest BCUT2D eigenvalue weighted by Gasteiger charge is -2.16. The van der Waals surface area contributed by atoms with Crippen molar-refractivity contribution < 1.29 is 9.59 Å². The molecule has 1 saturated carbocycles. The van der Waals surface area contributed by atoms with Gasteiger partial charge in [0, 0.05) is 17.2 Å². The van der Waals surface area contributed by atoms with Gasteiger partial charge in [-0.15, -0.1) is 11.8 Å². The van der Waals surface area contributed by atoms with Crippen LogP contribution in [-0.4, -0.2) is 28.3 Å². The van der Waals surface area contributed by atoms with Crippen molar-refractivity contribution in [3.8, 4) is 0 Å². The minimum absolute atomic E-state index is 0.0628. The van der Waals surface area contributed by atoms with Crippen molar-refractivity contribution in [2.45, 2.75) is 19.3 Å². The molecule has 0 saturated heterocycles. The zero-order valence-corrected chi connectivity index (χ0v) is 11.7. The third-order valence-electron chi connectivity index (χ3n) is 3.52. The van der Waals surface area contributed by atoms with Crippen molar-refractivity contribution in [3.63, 3.8) is 0 Å². The summed E-state index contributed by atoms with van der Waals surface area (Å²) in [6, 6.07) is 8.77. The van der Waals surface area contributed by atoms with E-state index in [2.05, 4.69) is 9.98 Å². The Balaban J connectivity index is 1.67. The third kappa shape index (κ3) is 2.72. The van der Waals surface area contributed by atoms with Gasteiger partial charge in [0.15, 0.2) is 5.78 Å². The molecule has 1 fully saturated rings. The molecule has 102 valence electrons. The minimum atomic E-state index is -0.423. The predicted octanol–water partition coefficient (Wildman–Crippen LogP) is 3.38. The summed E-state index contributed by atoms with van der Waals surface area (Å²) in [5.74, 6) is 0.550. The lowest BCUT2D eigenvalue weighted by atomic mass is 10.1. The molecule has 0 N–H and O–H groups in total. The number of aliphatic imine (C=N–C) groups is 2. The van der Waals surface area contributed by atoms with Gasteiger partial charge in [0.05, 0.1) is 10.8 Å². The first-order chi connectivity index (χ1) is 9.74. The molecule has 2 aliphatic rings. The van der Waals surface area contributed by atoms with E-state index in [9.17, 15) is 9.59 Å².